The Morgan fingerprint density at radius 2 is 1.58 bits per heavy atom. The lowest BCUT2D eigenvalue weighted by Gasteiger charge is -2.59. The molecule has 2 saturated heterocycles. The van der Waals surface area contributed by atoms with E-state index in [4.69, 9.17) is 0 Å². The predicted octanol–water partition coefficient (Wildman–Crippen LogP) is 3.68. The summed E-state index contributed by atoms with van der Waals surface area (Å²) in [5.74, 6) is 4.30. The standard InChI is InChI=1S/C27H45NO3/c1-15-4-5-24-16(2)18-7-9-27(31)20(19(18)14-28(24)13-15)11-21-22(27)12-25(30)23-10-17(29)6-8-26(21,23)3/h15-25,29-31H,4-14H2,1-3H3/t15-,16-,17+,18-,19+,20+,21+,22-,23-,24+,25-,26+,27+/m1/s1. The van der Waals surface area contributed by atoms with Gasteiger partial charge in [0, 0.05) is 19.1 Å². The Balaban J connectivity index is 1.32. The van der Waals surface area contributed by atoms with Crippen LogP contribution in [0.5, 0.6) is 0 Å². The molecular weight excluding hydrogens is 386 g/mol. The first-order chi connectivity index (χ1) is 14.7. The van der Waals surface area contributed by atoms with E-state index in [0.29, 0.717) is 17.8 Å². The summed E-state index contributed by atoms with van der Waals surface area (Å²) < 4.78 is 0. The van der Waals surface area contributed by atoms with Crippen LogP contribution in [-0.2, 0) is 0 Å². The van der Waals surface area contributed by atoms with Crippen molar-refractivity contribution in [2.24, 2.45) is 52.8 Å². The first kappa shape index (κ1) is 21.4. The molecule has 3 N–H and O–H groups in total. The molecule has 6 fully saturated rings. The summed E-state index contributed by atoms with van der Waals surface area (Å²) in [5.41, 5.74) is -0.503. The summed E-state index contributed by atoms with van der Waals surface area (Å²) in [5, 5.41) is 33.8. The molecule has 4 saturated carbocycles. The van der Waals surface area contributed by atoms with Gasteiger partial charge in [0.1, 0.15) is 0 Å². The fourth-order valence-electron chi connectivity index (χ4n) is 10.6. The third-order valence-electron chi connectivity index (χ3n) is 12.1. The molecule has 13 atom stereocenters. The highest BCUT2D eigenvalue weighted by molar-refractivity contribution is 5.17. The lowest BCUT2D eigenvalue weighted by Crippen LogP contribution is -2.62. The monoisotopic (exact) mass is 431 g/mol. The Morgan fingerprint density at radius 3 is 2.39 bits per heavy atom. The van der Waals surface area contributed by atoms with Gasteiger partial charge in [-0.1, -0.05) is 20.8 Å². The van der Waals surface area contributed by atoms with E-state index in [9.17, 15) is 15.3 Å². The second-order valence-electron chi connectivity index (χ2n) is 13.3. The van der Waals surface area contributed by atoms with E-state index in [2.05, 4.69) is 25.7 Å². The van der Waals surface area contributed by atoms with Crippen LogP contribution in [0.1, 0.15) is 78.6 Å². The van der Waals surface area contributed by atoms with Crippen LogP contribution in [0.15, 0.2) is 0 Å². The summed E-state index contributed by atoms with van der Waals surface area (Å²) in [6.07, 6.45) is 8.78. The normalized spacial score (nSPS) is 61.5. The topological polar surface area (TPSA) is 63.9 Å². The van der Waals surface area contributed by atoms with Crippen LogP contribution in [0.2, 0.25) is 0 Å². The molecule has 6 rings (SSSR count). The lowest BCUT2D eigenvalue weighted by atomic mass is 9.50. The van der Waals surface area contributed by atoms with Crippen LogP contribution in [0.3, 0.4) is 0 Å². The molecule has 2 heterocycles. The van der Waals surface area contributed by atoms with Gasteiger partial charge in [-0.2, -0.15) is 0 Å². The van der Waals surface area contributed by atoms with Crippen LogP contribution in [0, 0.1) is 52.8 Å². The van der Waals surface area contributed by atoms with Gasteiger partial charge in [-0.25, -0.2) is 0 Å². The Hall–Kier alpha value is -0.160. The van der Waals surface area contributed by atoms with Crippen LogP contribution >= 0.6 is 0 Å². The first-order valence-electron chi connectivity index (χ1n) is 13.5. The van der Waals surface area contributed by atoms with Crippen LogP contribution in [-0.4, -0.2) is 57.2 Å². The predicted molar refractivity (Wildman–Crippen MR) is 121 cm³/mol. The summed E-state index contributed by atoms with van der Waals surface area (Å²) >= 11 is 0. The quantitative estimate of drug-likeness (QED) is 0.547. The minimum atomic E-state index is -0.579. The molecule has 0 bridgehead atoms. The van der Waals surface area contributed by atoms with Crippen molar-refractivity contribution in [2.75, 3.05) is 13.1 Å². The second kappa shape index (κ2) is 7.17. The summed E-state index contributed by atoms with van der Waals surface area (Å²) in [4.78, 5) is 2.81. The van der Waals surface area contributed by atoms with Crippen molar-refractivity contribution >= 4 is 0 Å². The summed E-state index contributed by atoms with van der Waals surface area (Å²) in [7, 11) is 0. The zero-order chi connectivity index (χ0) is 21.7. The van der Waals surface area contributed by atoms with Crippen molar-refractivity contribution in [3.05, 3.63) is 0 Å². The molecule has 2 aliphatic heterocycles. The fourth-order valence-corrected chi connectivity index (χ4v) is 10.6. The molecule has 0 aromatic carbocycles. The number of fused-ring (bicyclic) bond motifs is 8. The number of rotatable bonds is 0. The van der Waals surface area contributed by atoms with E-state index in [1.165, 1.54) is 32.4 Å². The van der Waals surface area contributed by atoms with Gasteiger partial charge in [-0.05, 0) is 111 Å². The fraction of sp³-hybridized carbons (Fsp3) is 1.00. The van der Waals surface area contributed by atoms with Gasteiger partial charge < -0.3 is 15.3 Å². The molecule has 176 valence electrons. The Bertz CT molecular complexity index is 713. The maximum absolute atomic E-state index is 12.3. The molecule has 6 aliphatic rings. The molecule has 4 heteroatoms. The van der Waals surface area contributed by atoms with E-state index < -0.39 is 5.60 Å². The SMILES string of the molecule is C[C@@H]1CC[C@H]2[C@H](C)[C@H]3CC[C@@]4(O)[C@@H]5C[C@@H](O)[C@H]6C[C@@H](O)CC[C@@]6(C)[C@H]5C[C@H]4[C@H]3CN2C1. The van der Waals surface area contributed by atoms with E-state index in [0.717, 1.165) is 62.3 Å². The Kier molecular flexibility index (Phi) is 4.94. The number of nitrogens with zero attached hydrogens (tertiary/aromatic N) is 1. The second-order valence-corrected chi connectivity index (χ2v) is 13.3. The maximum atomic E-state index is 12.3. The van der Waals surface area contributed by atoms with E-state index in [1.807, 2.05) is 0 Å². The molecule has 4 nitrogen and oxygen atoms in total. The third-order valence-corrected chi connectivity index (χ3v) is 12.1. The number of hydrogen-bond acceptors (Lipinski definition) is 4. The molecule has 4 aliphatic carbocycles. The third kappa shape index (κ3) is 2.93. The van der Waals surface area contributed by atoms with Gasteiger partial charge in [0.2, 0.25) is 0 Å². The zero-order valence-corrected chi connectivity index (χ0v) is 19.9. The molecule has 0 radical (unpaired) electrons. The molecular formula is C27H45NO3. The number of hydrogen-bond donors (Lipinski definition) is 3. The van der Waals surface area contributed by atoms with Gasteiger partial charge >= 0.3 is 0 Å². The average Bonchev–Trinajstić information content (AvgIpc) is 3.03. The minimum absolute atomic E-state index is 0.0760. The van der Waals surface area contributed by atoms with Crippen LogP contribution < -0.4 is 0 Å². The molecule has 0 aromatic heterocycles. The van der Waals surface area contributed by atoms with Gasteiger partial charge in [-0.3, -0.25) is 4.90 Å². The van der Waals surface area contributed by atoms with Gasteiger partial charge in [0.25, 0.3) is 0 Å². The van der Waals surface area contributed by atoms with Crippen molar-refractivity contribution in [1.29, 1.82) is 0 Å². The first-order valence-corrected chi connectivity index (χ1v) is 13.5. The molecule has 0 spiro atoms. The molecule has 0 aromatic rings. The smallest absolute Gasteiger partial charge is 0.0711 e. The summed E-state index contributed by atoms with van der Waals surface area (Å²) in [6, 6.07) is 0.760. The van der Waals surface area contributed by atoms with E-state index in [-0.39, 0.29) is 29.5 Å². The molecule has 0 amide bonds. The van der Waals surface area contributed by atoms with Crippen molar-refractivity contribution in [2.45, 2.75) is 102 Å². The lowest BCUT2D eigenvalue weighted by molar-refractivity contribution is -0.176. The highest BCUT2D eigenvalue weighted by Crippen LogP contribution is 2.68. The minimum Gasteiger partial charge on any atom is -0.393 e. The van der Waals surface area contributed by atoms with Gasteiger partial charge in [-0.15, -0.1) is 0 Å². The Labute approximate surface area is 188 Å². The van der Waals surface area contributed by atoms with Crippen molar-refractivity contribution < 1.29 is 15.3 Å². The van der Waals surface area contributed by atoms with Crippen molar-refractivity contribution in [1.82, 2.24) is 4.90 Å². The van der Waals surface area contributed by atoms with Gasteiger partial charge in [0.15, 0.2) is 0 Å². The van der Waals surface area contributed by atoms with Gasteiger partial charge in [0.05, 0.1) is 17.8 Å². The van der Waals surface area contributed by atoms with Crippen molar-refractivity contribution in [3.8, 4) is 0 Å². The number of aliphatic hydroxyl groups excluding tert-OH is 2. The number of piperidine rings is 2. The highest BCUT2D eigenvalue weighted by Gasteiger charge is 2.67. The van der Waals surface area contributed by atoms with Crippen molar-refractivity contribution in [3.63, 3.8) is 0 Å². The van der Waals surface area contributed by atoms with Crippen LogP contribution in [0.4, 0.5) is 0 Å². The van der Waals surface area contributed by atoms with E-state index >= 15 is 0 Å². The zero-order valence-electron chi connectivity index (χ0n) is 19.9. The average molecular weight is 432 g/mol. The highest BCUT2D eigenvalue weighted by atomic mass is 16.3. The van der Waals surface area contributed by atoms with E-state index in [1.54, 1.807) is 0 Å². The largest absolute Gasteiger partial charge is 0.393 e. The maximum Gasteiger partial charge on any atom is 0.0711 e. The molecule has 31 heavy (non-hydrogen) atoms. The number of aliphatic hydroxyl groups is 3. The summed E-state index contributed by atoms with van der Waals surface area (Å²) in [6.45, 7) is 9.76. The van der Waals surface area contributed by atoms with Crippen LogP contribution in [0.25, 0.3) is 0 Å². The molecule has 0 unspecified atom stereocenters. The Morgan fingerprint density at radius 1 is 0.774 bits per heavy atom.